The maximum atomic E-state index is 12.8. The minimum Gasteiger partial charge on any atom is -0.309 e. The Labute approximate surface area is 179 Å². The number of rotatable bonds is 3. The molecule has 152 valence electrons. The van der Waals surface area contributed by atoms with Crippen molar-refractivity contribution in [3.63, 3.8) is 0 Å². The second-order valence-corrected chi connectivity index (χ2v) is 7.17. The van der Waals surface area contributed by atoms with Crippen LogP contribution in [-0.2, 0) is 0 Å². The van der Waals surface area contributed by atoms with E-state index < -0.39 is 6.17 Å². The van der Waals surface area contributed by atoms with Gasteiger partial charge in [-0.25, -0.2) is 4.79 Å². The lowest BCUT2D eigenvalue weighted by Crippen LogP contribution is -2.33. The first-order valence-electron chi connectivity index (χ1n) is 9.98. The van der Waals surface area contributed by atoms with Crippen LogP contribution in [-0.4, -0.2) is 26.5 Å². The van der Waals surface area contributed by atoms with E-state index in [4.69, 9.17) is 4.99 Å². The molecular weight excluding hydrogens is 388 g/mol. The molecule has 7 nitrogen and oxygen atoms in total. The molecule has 1 unspecified atom stereocenters. The summed E-state index contributed by atoms with van der Waals surface area (Å²) in [5.74, 6) is 1.28. The van der Waals surface area contributed by atoms with Crippen molar-refractivity contribution in [3.05, 3.63) is 108 Å². The zero-order valence-electron chi connectivity index (χ0n) is 16.9. The summed E-state index contributed by atoms with van der Waals surface area (Å²) in [5.41, 5.74) is 4.32. The Bertz CT molecular complexity index is 1260. The van der Waals surface area contributed by atoms with Crippen molar-refractivity contribution in [1.82, 2.24) is 20.1 Å². The first-order chi connectivity index (χ1) is 15.2. The topological polar surface area (TPSA) is 84.2 Å². The van der Waals surface area contributed by atoms with Crippen LogP contribution < -0.4 is 10.6 Å². The fourth-order valence-corrected chi connectivity index (χ4v) is 3.71. The van der Waals surface area contributed by atoms with Gasteiger partial charge < -0.3 is 10.6 Å². The Kier molecular flexibility index (Phi) is 4.76. The van der Waals surface area contributed by atoms with Crippen LogP contribution in [0.5, 0.6) is 0 Å². The SMILES string of the molecule is Cc1nnc2n1-c1ccccc1C(c1ccccc1)=NC2NC(=O)Nc1ccccc1. The minimum atomic E-state index is -0.715. The number of fused-ring (bicyclic) bond motifs is 3. The number of hydrogen-bond donors (Lipinski definition) is 2. The predicted octanol–water partition coefficient (Wildman–Crippen LogP) is 4.25. The lowest BCUT2D eigenvalue weighted by molar-refractivity contribution is 0.248. The zero-order chi connectivity index (χ0) is 21.2. The van der Waals surface area contributed by atoms with Crippen molar-refractivity contribution < 1.29 is 4.79 Å². The van der Waals surface area contributed by atoms with Crippen LogP contribution in [0, 0.1) is 6.92 Å². The summed E-state index contributed by atoms with van der Waals surface area (Å²) in [7, 11) is 0. The summed E-state index contributed by atoms with van der Waals surface area (Å²) in [4.78, 5) is 17.7. The van der Waals surface area contributed by atoms with E-state index in [1.165, 1.54) is 0 Å². The summed E-state index contributed by atoms with van der Waals surface area (Å²) in [6, 6.07) is 26.8. The van der Waals surface area contributed by atoms with Gasteiger partial charge >= 0.3 is 6.03 Å². The van der Waals surface area contributed by atoms with Crippen LogP contribution in [0.4, 0.5) is 10.5 Å². The maximum absolute atomic E-state index is 12.8. The molecular formula is C24H20N6O. The highest BCUT2D eigenvalue weighted by atomic mass is 16.2. The first kappa shape index (κ1) is 18.7. The lowest BCUT2D eigenvalue weighted by atomic mass is 10.0. The van der Waals surface area contributed by atoms with Gasteiger partial charge in [-0.2, -0.15) is 0 Å². The van der Waals surface area contributed by atoms with E-state index in [1.54, 1.807) is 0 Å². The number of anilines is 1. The standard InChI is InChI=1S/C24H20N6O/c1-16-28-29-23-22(27-24(31)25-18-12-6-3-7-13-18)26-21(17-10-4-2-5-11-17)19-14-8-9-15-20(19)30(16)23/h2-15,22H,1H3,(H2,25,27,31). The van der Waals surface area contributed by atoms with Crippen molar-refractivity contribution in [2.45, 2.75) is 13.1 Å². The molecule has 1 aliphatic heterocycles. The number of aryl methyl sites for hydroxylation is 1. The molecule has 1 atom stereocenters. The molecule has 0 saturated carbocycles. The van der Waals surface area contributed by atoms with Gasteiger partial charge in [0.2, 0.25) is 0 Å². The van der Waals surface area contributed by atoms with Crippen molar-refractivity contribution >= 4 is 17.4 Å². The van der Waals surface area contributed by atoms with E-state index >= 15 is 0 Å². The molecule has 2 heterocycles. The molecule has 0 fully saturated rings. The van der Waals surface area contributed by atoms with Gasteiger partial charge in [0.05, 0.1) is 11.4 Å². The van der Waals surface area contributed by atoms with Crippen molar-refractivity contribution in [2.75, 3.05) is 5.32 Å². The van der Waals surface area contributed by atoms with Crippen molar-refractivity contribution in [1.29, 1.82) is 0 Å². The number of aliphatic imine (C=N–C) groups is 1. The number of carbonyl (C=O) groups is 1. The van der Waals surface area contributed by atoms with Gasteiger partial charge in [-0.15, -0.1) is 10.2 Å². The largest absolute Gasteiger partial charge is 0.321 e. The molecule has 1 aliphatic rings. The second kappa shape index (κ2) is 7.87. The van der Waals surface area contributed by atoms with E-state index in [-0.39, 0.29) is 6.03 Å². The number of para-hydroxylation sites is 2. The Morgan fingerprint density at radius 1 is 0.871 bits per heavy atom. The fourth-order valence-electron chi connectivity index (χ4n) is 3.71. The van der Waals surface area contributed by atoms with Gasteiger partial charge in [-0.05, 0) is 25.1 Å². The maximum Gasteiger partial charge on any atom is 0.321 e. The summed E-state index contributed by atoms with van der Waals surface area (Å²) < 4.78 is 1.95. The van der Waals surface area contributed by atoms with Gasteiger partial charge in [0, 0.05) is 16.8 Å². The van der Waals surface area contributed by atoms with Crippen molar-refractivity contribution in [3.8, 4) is 5.69 Å². The molecule has 7 heteroatoms. The van der Waals surface area contributed by atoms with Crippen LogP contribution in [0.1, 0.15) is 28.9 Å². The lowest BCUT2D eigenvalue weighted by Gasteiger charge is -2.15. The first-order valence-corrected chi connectivity index (χ1v) is 9.98. The summed E-state index contributed by atoms with van der Waals surface area (Å²) in [5, 5.41) is 14.4. The summed E-state index contributed by atoms with van der Waals surface area (Å²) in [6.45, 7) is 1.89. The highest BCUT2D eigenvalue weighted by Crippen LogP contribution is 2.29. The highest BCUT2D eigenvalue weighted by molar-refractivity contribution is 6.15. The number of nitrogens with one attached hydrogen (secondary N) is 2. The van der Waals surface area contributed by atoms with Crippen LogP contribution in [0.15, 0.2) is 89.9 Å². The molecule has 4 aromatic rings. The van der Waals surface area contributed by atoms with Crippen LogP contribution >= 0.6 is 0 Å². The molecule has 0 radical (unpaired) electrons. The molecule has 2 N–H and O–H groups in total. The summed E-state index contributed by atoms with van der Waals surface area (Å²) in [6.07, 6.45) is -0.715. The Morgan fingerprint density at radius 2 is 1.55 bits per heavy atom. The molecule has 5 rings (SSSR count). The number of benzene rings is 3. The average Bonchev–Trinajstić information content (AvgIpc) is 3.12. The van der Waals surface area contributed by atoms with Crippen LogP contribution in [0.3, 0.4) is 0 Å². The van der Waals surface area contributed by atoms with E-state index in [0.717, 1.165) is 28.4 Å². The monoisotopic (exact) mass is 408 g/mol. The third-order valence-electron chi connectivity index (χ3n) is 5.10. The van der Waals surface area contributed by atoms with Gasteiger partial charge in [0.1, 0.15) is 5.82 Å². The Balaban J connectivity index is 1.60. The van der Waals surface area contributed by atoms with Gasteiger partial charge in [-0.1, -0.05) is 66.7 Å². The third kappa shape index (κ3) is 3.57. The molecule has 31 heavy (non-hydrogen) atoms. The molecule has 0 aliphatic carbocycles. The predicted molar refractivity (Wildman–Crippen MR) is 120 cm³/mol. The van der Waals surface area contributed by atoms with Gasteiger partial charge in [0.15, 0.2) is 12.0 Å². The molecule has 3 aromatic carbocycles. The number of aromatic nitrogens is 3. The Hall–Kier alpha value is -4.26. The normalized spacial score (nSPS) is 14.6. The van der Waals surface area contributed by atoms with Gasteiger partial charge in [-0.3, -0.25) is 9.56 Å². The highest BCUT2D eigenvalue weighted by Gasteiger charge is 2.28. The van der Waals surface area contributed by atoms with E-state index in [1.807, 2.05) is 96.4 Å². The summed E-state index contributed by atoms with van der Waals surface area (Å²) >= 11 is 0. The Morgan fingerprint density at radius 3 is 2.32 bits per heavy atom. The number of nitrogens with zero attached hydrogens (tertiary/aromatic N) is 4. The fraction of sp³-hybridized carbons (Fsp3) is 0.0833. The van der Waals surface area contributed by atoms with Crippen LogP contribution in [0.25, 0.3) is 5.69 Å². The molecule has 0 spiro atoms. The number of urea groups is 1. The second-order valence-electron chi connectivity index (χ2n) is 7.17. The number of hydrogen-bond acceptors (Lipinski definition) is 4. The molecule has 2 amide bonds. The smallest absolute Gasteiger partial charge is 0.309 e. The van der Waals surface area contributed by atoms with Crippen molar-refractivity contribution in [2.24, 2.45) is 4.99 Å². The van der Waals surface area contributed by atoms with Gasteiger partial charge in [0.25, 0.3) is 0 Å². The van der Waals surface area contributed by atoms with E-state index in [9.17, 15) is 4.79 Å². The molecule has 1 aromatic heterocycles. The number of carbonyl (C=O) groups excluding carboxylic acids is 1. The molecule has 0 saturated heterocycles. The zero-order valence-corrected chi connectivity index (χ0v) is 16.9. The quantitative estimate of drug-likeness (QED) is 0.532. The van der Waals surface area contributed by atoms with E-state index in [0.29, 0.717) is 11.5 Å². The average molecular weight is 408 g/mol. The third-order valence-corrected chi connectivity index (χ3v) is 5.10. The van der Waals surface area contributed by atoms with E-state index in [2.05, 4.69) is 20.8 Å². The number of amides is 2. The molecule has 0 bridgehead atoms. The van der Waals surface area contributed by atoms with Crippen LogP contribution in [0.2, 0.25) is 0 Å². The minimum absolute atomic E-state index is 0.370.